The Hall–Kier alpha value is -0.390. The minimum atomic E-state index is -3.14. The molecule has 5 heteroatoms. The van der Waals surface area contributed by atoms with Crippen LogP contribution in [0.2, 0.25) is 0 Å². The maximum Gasteiger partial charge on any atom is 0.155 e. The Bertz CT molecular complexity index is 518. The summed E-state index contributed by atoms with van der Waals surface area (Å²) in [6, 6.07) is 7.63. The van der Waals surface area contributed by atoms with Crippen LogP contribution < -0.4 is 0 Å². The highest BCUT2D eigenvalue weighted by molar-refractivity contribution is 9.10. The van der Waals surface area contributed by atoms with Gasteiger partial charge in [0.15, 0.2) is 9.84 Å². The van der Waals surface area contributed by atoms with Crippen LogP contribution in [0.4, 0.5) is 0 Å². The molecule has 0 aliphatic rings. The highest BCUT2D eigenvalue weighted by Crippen LogP contribution is 2.25. The molecule has 0 heterocycles. The van der Waals surface area contributed by atoms with E-state index in [-0.39, 0.29) is 18.3 Å². The summed E-state index contributed by atoms with van der Waals surface area (Å²) in [4.78, 5) is 0. The molecule has 1 unspecified atom stereocenters. The molecule has 0 spiro atoms. The Labute approximate surface area is 124 Å². The lowest BCUT2D eigenvalue weighted by molar-refractivity contribution is 0.262. The van der Waals surface area contributed by atoms with Gasteiger partial charge < -0.3 is 5.11 Å². The molecule has 0 aliphatic carbocycles. The molecule has 0 saturated carbocycles. The van der Waals surface area contributed by atoms with E-state index >= 15 is 0 Å². The third kappa shape index (κ3) is 4.58. The van der Waals surface area contributed by atoms with Crippen LogP contribution in [0, 0.1) is 0 Å². The van der Waals surface area contributed by atoms with E-state index in [1.807, 2.05) is 24.3 Å². The summed E-state index contributed by atoms with van der Waals surface area (Å²) in [5, 5.41) is 9.46. The molecule has 0 aliphatic heterocycles. The summed E-state index contributed by atoms with van der Waals surface area (Å²) in [6.45, 7) is 5.07. The second kappa shape index (κ2) is 6.37. The van der Waals surface area contributed by atoms with E-state index < -0.39 is 14.6 Å². The van der Waals surface area contributed by atoms with Crippen LogP contribution in [0.3, 0.4) is 0 Å². The van der Waals surface area contributed by atoms with Gasteiger partial charge in [-0.1, -0.05) is 28.1 Å². The van der Waals surface area contributed by atoms with Crippen molar-refractivity contribution in [2.45, 2.75) is 37.9 Å². The Morgan fingerprint density at radius 3 is 2.42 bits per heavy atom. The quantitative estimate of drug-likeness (QED) is 0.889. The lowest BCUT2D eigenvalue weighted by Crippen LogP contribution is -2.31. The number of hydrogen-bond acceptors (Lipinski definition) is 3. The van der Waals surface area contributed by atoms with Crippen molar-refractivity contribution in [3.8, 4) is 0 Å². The van der Waals surface area contributed by atoms with Gasteiger partial charge in [0, 0.05) is 17.0 Å². The fraction of sp³-hybridized carbons (Fsp3) is 0.571. The van der Waals surface area contributed by atoms with Gasteiger partial charge in [-0.25, -0.2) is 8.42 Å². The van der Waals surface area contributed by atoms with Crippen LogP contribution >= 0.6 is 15.9 Å². The number of benzene rings is 1. The Kier molecular flexibility index (Phi) is 5.59. The van der Waals surface area contributed by atoms with Gasteiger partial charge in [-0.05, 0) is 44.9 Å². The molecular weight excluding hydrogens is 328 g/mol. The lowest BCUT2D eigenvalue weighted by atomic mass is 9.98. The van der Waals surface area contributed by atoms with E-state index in [2.05, 4.69) is 15.9 Å². The van der Waals surface area contributed by atoms with Crippen LogP contribution in [0.25, 0.3) is 0 Å². The number of halogens is 1. The molecule has 1 rings (SSSR count). The van der Waals surface area contributed by atoms with E-state index in [4.69, 9.17) is 0 Å². The largest absolute Gasteiger partial charge is 0.396 e. The van der Waals surface area contributed by atoms with E-state index in [0.717, 1.165) is 10.0 Å². The SMILES string of the molecule is CC(C)(C)S(=O)(=O)CCC(CO)c1cccc(Br)c1. The first-order chi connectivity index (χ1) is 8.67. The number of aliphatic hydroxyl groups excluding tert-OH is 1. The minimum absolute atomic E-state index is 0.0455. The Morgan fingerprint density at radius 1 is 1.32 bits per heavy atom. The second-order valence-electron chi connectivity index (χ2n) is 5.65. The molecule has 0 bridgehead atoms. The first-order valence-electron chi connectivity index (χ1n) is 6.26. The molecule has 0 fully saturated rings. The van der Waals surface area contributed by atoms with Gasteiger partial charge in [0.2, 0.25) is 0 Å². The predicted octanol–water partition coefficient (Wildman–Crippen LogP) is 3.13. The summed E-state index contributed by atoms with van der Waals surface area (Å²) >= 11 is 3.38. The van der Waals surface area contributed by atoms with Crippen molar-refractivity contribution in [2.24, 2.45) is 0 Å². The normalized spacial score (nSPS) is 14.4. The molecular formula is C14H21BrO3S. The molecule has 108 valence electrons. The molecule has 0 aromatic heterocycles. The average molecular weight is 349 g/mol. The zero-order valence-corrected chi connectivity index (χ0v) is 14.0. The van der Waals surface area contributed by atoms with Crippen molar-refractivity contribution in [1.82, 2.24) is 0 Å². The van der Waals surface area contributed by atoms with Gasteiger partial charge >= 0.3 is 0 Å². The topological polar surface area (TPSA) is 54.4 Å². The number of aliphatic hydroxyl groups is 1. The Morgan fingerprint density at radius 2 is 1.95 bits per heavy atom. The van der Waals surface area contributed by atoms with Gasteiger partial charge in [-0.3, -0.25) is 0 Å². The monoisotopic (exact) mass is 348 g/mol. The average Bonchev–Trinajstić information content (AvgIpc) is 2.28. The van der Waals surface area contributed by atoms with Crippen molar-refractivity contribution in [1.29, 1.82) is 0 Å². The predicted molar refractivity (Wildman–Crippen MR) is 82.1 cm³/mol. The van der Waals surface area contributed by atoms with Crippen molar-refractivity contribution in [3.05, 3.63) is 34.3 Å². The van der Waals surface area contributed by atoms with Gasteiger partial charge in [0.25, 0.3) is 0 Å². The smallest absolute Gasteiger partial charge is 0.155 e. The number of hydrogen-bond donors (Lipinski definition) is 1. The van der Waals surface area contributed by atoms with E-state index in [0.29, 0.717) is 6.42 Å². The van der Waals surface area contributed by atoms with Crippen LogP contribution in [-0.2, 0) is 9.84 Å². The van der Waals surface area contributed by atoms with Gasteiger partial charge in [-0.15, -0.1) is 0 Å². The fourth-order valence-corrected chi connectivity index (χ4v) is 3.35. The molecule has 0 radical (unpaired) electrons. The summed E-state index contributed by atoms with van der Waals surface area (Å²) in [7, 11) is -3.14. The molecule has 3 nitrogen and oxygen atoms in total. The van der Waals surface area contributed by atoms with E-state index in [1.54, 1.807) is 20.8 Å². The van der Waals surface area contributed by atoms with Crippen molar-refractivity contribution < 1.29 is 13.5 Å². The summed E-state index contributed by atoms with van der Waals surface area (Å²) in [5.41, 5.74) is 0.959. The minimum Gasteiger partial charge on any atom is -0.396 e. The zero-order valence-electron chi connectivity index (χ0n) is 11.6. The summed E-state index contributed by atoms with van der Waals surface area (Å²) in [6.07, 6.45) is 0.437. The molecule has 0 saturated heterocycles. The summed E-state index contributed by atoms with van der Waals surface area (Å²) in [5.74, 6) is -0.0524. The first kappa shape index (κ1) is 16.7. The van der Waals surface area contributed by atoms with Gasteiger partial charge in [0.05, 0.1) is 10.5 Å². The number of sulfone groups is 1. The van der Waals surface area contributed by atoms with Gasteiger partial charge in [0.1, 0.15) is 0 Å². The molecule has 1 aromatic rings. The standard InChI is InChI=1S/C14H21BrO3S/c1-14(2,3)19(17,18)8-7-12(10-16)11-5-4-6-13(15)9-11/h4-6,9,12,16H,7-8,10H2,1-3H3. The molecule has 1 N–H and O–H groups in total. The maximum absolute atomic E-state index is 12.1. The van der Waals surface area contributed by atoms with Crippen LogP contribution in [0.1, 0.15) is 38.7 Å². The van der Waals surface area contributed by atoms with Crippen LogP contribution in [-0.4, -0.2) is 30.6 Å². The third-order valence-electron chi connectivity index (χ3n) is 3.21. The van der Waals surface area contributed by atoms with Crippen molar-refractivity contribution in [2.75, 3.05) is 12.4 Å². The molecule has 1 aromatic carbocycles. The maximum atomic E-state index is 12.1. The molecule has 1 atom stereocenters. The van der Waals surface area contributed by atoms with Crippen LogP contribution in [0.5, 0.6) is 0 Å². The fourth-order valence-electron chi connectivity index (χ4n) is 1.73. The van der Waals surface area contributed by atoms with Gasteiger partial charge in [-0.2, -0.15) is 0 Å². The van der Waals surface area contributed by atoms with Crippen LogP contribution in [0.15, 0.2) is 28.7 Å². The van der Waals surface area contributed by atoms with E-state index in [9.17, 15) is 13.5 Å². The number of rotatable bonds is 5. The first-order valence-corrected chi connectivity index (χ1v) is 8.70. The van der Waals surface area contributed by atoms with Crippen molar-refractivity contribution in [3.63, 3.8) is 0 Å². The highest BCUT2D eigenvalue weighted by Gasteiger charge is 2.29. The van der Waals surface area contributed by atoms with E-state index in [1.165, 1.54) is 0 Å². The lowest BCUT2D eigenvalue weighted by Gasteiger charge is -2.21. The molecule has 0 amide bonds. The summed E-state index contributed by atoms with van der Waals surface area (Å²) < 4.78 is 24.3. The third-order valence-corrected chi connectivity index (χ3v) is 6.34. The van der Waals surface area contributed by atoms with Crippen molar-refractivity contribution >= 4 is 25.8 Å². The molecule has 19 heavy (non-hydrogen) atoms. The highest BCUT2D eigenvalue weighted by atomic mass is 79.9. The second-order valence-corrected chi connectivity index (χ2v) is 9.43. The zero-order chi connectivity index (χ0) is 14.7. The Balaban J connectivity index is 2.80.